The molecule has 1 heterocycles. The molecule has 0 amide bonds. The normalized spacial score (nSPS) is 15.9. The molecule has 13 nitrogen and oxygen atoms in total. The van der Waals surface area contributed by atoms with Crippen LogP contribution in [0.4, 0.5) is 0 Å². The smallest absolute Gasteiger partial charge is 0.374 e. The summed E-state index contributed by atoms with van der Waals surface area (Å²) >= 11 is 0. The number of hydrogen-bond donors (Lipinski definition) is 1. The molecule has 2 N–H and O–H groups in total. The average Bonchev–Trinajstić information content (AvgIpc) is 2.95. The Morgan fingerprint density at radius 1 is 0.714 bits per heavy atom. The van der Waals surface area contributed by atoms with E-state index in [1.807, 2.05) is 41.5 Å². The fourth-order valence-corrected chi connectivity index (χ4v) is 10.4. The SMILES string of the molecule is CCO[Si](CCCCCCC1=NC(CCCCCC[Si](OCC)(OCC)OCC)N(N)C(N=[N+]=[N-])=N1)(OCC)OCC. The van der Waals surface area contributed by atoms with Gasteiger partial charge in [-0.1, -0.05) is 25.7 Å². The van der Waals surface area contributed by atoms with Crippen molar-refractivity contribution in [3.63, 3.8) is 0 Å². The molecule has 0 bridgehead atoms. The highest BCUT2D eigenvalue weighted by atomic mass is 28.4. The van der Waals surface area contributed by atoms with Gasteiger partial charge in [0, 0.05) is 63.1 Å². The van der Waals surface area contributed by atoms with Gasteiger partial charge in [0.05, 0.1) is 0 Å². The van der Waals surface area contributed by atoms with E-state index in [4.69, 9.17) is 42.9 Å². The van der Waals surface area contributed by atoms with Crippen molar-refractivity contribution >= 4 is 29.4 Å². The monoisotopic (exact) mass is 631 g/mol. The Bertz CT molecular complexity index is 799. The highest BCUT2D eigenvalue weighted by molar-refractivity contribution is 6.61. The van der Waals surface area contributed by atoms with E-state index in [1.165, 1.54) is 5.01 Å². The van der Waals surface area contributed by atoms with Crippen molar-refractivity contribution in [2.24, 2.45) is 20.9 Å². The molecular weight excluding hydrogens is 575 g/mol. The van der Waals surface area contributed by atoms with Gasteiger partial charge in [-0.3, -0.25) is 5.01 Å². The Hall–Kier alpha value is -1.40. The van der Waals surface area contributed by atoms with Crippen molar-refractivity contribution in [2.75, 3.05) is 39.6 Å². The molecule has 0 aromatic rings. The van der Waals surface area contributed by atoms with Gasteiger partial charge in [0.2, 0.25) is 5.96 Å². The van der Waals surface area contributed by atoms with E-state index in [1.54, 1.807) is 0 Å². The van der Waals surface area contributed by atoms with Crippen LogP contribution in [0.15, 0.2) is 15.1 Å². The third-order valence-corrected chi connectivity index (χ3v) is 13.0. The zero-order valence-corrected chi connectivity index (χ0v) is 29.0. The van der Waals surface area contributed by atoms with Crippen molar-refractivity contribution in [1.29, 1.82) is 0 Å². The molecule has 15 heteroatoms. The zero-order chi connectivity index (χ0) is 31.1. The predicted molar refractivity (Wildman–Crippen MR) is 171 cm³/mol. The summed E-state index contributed by atoms with van der Waals surface area (Å²) < 4.78 is 35.7. The number of azide groups is 1. The molecule has 0 saturated carbocycles. The van der Waals surface area contributed by atoms with Gasteiger partial charge in [-0.15, -0.1) is 0 Å². The van der Waals surface area contributed by atoms with Crippen LogP contribution in [-0.4, -0.2) is 80.2 Å². The van der Waals surface area contributed by atoms with E-state index in [-0.39, 0.29) is 12.1 Å². The summed E-state index contributed by atoms with van der Waals surface area (Å²) in [5, 5.41) is 5.10. The fourth-order valence-electron chi connectivity index (χ4n) is 5.01. The second-order valence-corrected chi connectivity index (χ2v) is 15.3. The third-order valence-electron chi connectivity index (χ3n) is 6.73. The summed E-state index contributed by atoms with van der Waals surface area (Å²) in [5.41, 5.74) is 9.02. The Morgan fingerprint density at radius 3 is 1.57 bits per heavy atom. The van der Waals surface area contributed by atoms with E-state index < -0.39 is 17.6 Å². The maximum absolute atomic E-state index is 9.02. The van der Waals surface area contributed by atoms with Crippen molar-refractivity contribution in [2.45, 2.75) is 124 Å². The van der Waals surface area contributed by atoms with Crippen LogP contribution in [0.25, 0.3) is 10.4 Å². The lowest BCUT2D eigenvalue weighted by Crippen LogP contribution is -2.46. The van der Waals surface area contributed by atoms with E-state index in [9.17, 15) is 0 Å². The molecule has 0 spiro atoms. The van der Waals surface area contributed by atoms with Gasteiger partial charge in [0.1, 0.15) is 12.0 Å². The highest BCUT2D eigenvalue weighted by Crippen LogP contribution is 2.23. The molecule has 0 fully saturated rings. The lowest BCUT2D eigenvalue weighted by atomic mass is 10.1. The van der Waals surface area contributed by atoms with Crippen molar-refractivity contribution in [3.05, 3.63) is 10.4 Å². The molecule has 0 saturated heterocycles. The topological polar surface area (TPSA) is 158 Å². The van der Waals surface area contributed by atoms with E-state index in [0.29, 0.717) is 51.9 Å². The molecule has 0 radical (unpaired) electrons. The maximum Gasteiger partial charge on any atom is 0.500 e. The second kappa shape index (κ2) is 23.0. The number of rotatable bonds is 26. The summed E-state index contributed by atoms with van der Waals surface area (Å²) in [6.45, 7) is 15.4. The molecular formula is C27H57N7O6Si2. The number of aliphatic imine (C=N–C) groups is 2. The van der Waals surface area contributed by atoms with E-state index >= 15 is 0 Å². The third kappa shape index (κ3) is 14.4. The lowest BCUT2D eigenvalue weighted by molar-refractivity contribution is 0.0698. The minimum atomic E-state index is -2.60. The number of hydrogen-bond acceptors (Lipinski definition) is 11. The first-order valence-corrected chi connectivity index (χ1v) is 19.8. The van der Waals surface area contributed by atoms with Crippen LogP contribution >= 0.6 is 0 Å². The Morgan fingerprint density at radius 2 is 1.14 bits per heavy atom. The second-order valence-electron chi connectivity index (χ2n) is 9.87. The molecule has 0 aliphatic carbocycles. The molecule has 0 aromatic carbocycles. The predicted octanol–water partition coefficient (Wildman–Crippen LogP) is 6.56. The van der Waals surface area contributed by atoms with Crippen LogP contribution < -0.4 is 5.84 Å². The summed E-state index contributed by atoms with van der Waals surface area (Å²) in [4.78, 5) is 12.1. The maximum atomic E-state index is 9.02. The van der Waals surface area contributed by atoms with Gasteiger partial charge in [0.25, 0.3) is 0 Å². The number of unbranched alkanes of at least 4 members (excludes halogenated alkanes) is 6. The van der Waals surface area contributed by atoms with E-state index in [0.717, 1.165) is 69.9 Å². The van der Waals surface area contributed by atoms with Crippen LogP contribution in [0.1, 0.15) is 106 Å². The van der Waals surface area contributed by atoms with Gasteiger partial charge < -0.3 is 26.6 Å². The van der Waals surface area contributed by atoms with Gasteiger partial charge in [0.15, 0.2) is 0 Å². The van der Waals surface area contributed by atoms with Crippen LogP contribution in [0.3, 0.4) is 0 Å². The van der Waals surface area contributed by atoms with Gasteiger partial charge >= 0.3 is 17.6 Å². The largest absolute Gasteiger partial charge is 0.500 e. The average molecular weight is 632 g/mol. The number of hydrazine groups is 1. The summed E-state index contributed by atoms with van der Waals surface area (Å²) in [6, 6.07) is 1.63. The lowest BCUT2D eigenvalue weighted by Gasteiger charge is -2.29. The highest BCUT2D eigenvalue weighted by Gasteiger charge is 2.40. The fraction of sp³-hybridized carbons (Fsp3) is 0.926. The van der Waals surface area contributed by atoms with Crippen molar-refractivity contribution in [1.82, 2.24) is 5.01 Å². The van der Waals surface area contributed by atoms with Crippen LogP contribution in [0.2, 0.25) is 12.1 Å². The van der Waals surface area contributed by atoms with Gasteiger partial charge in [-0.2, -0.15) is 0 Å². The Balaban J connectivity index is 2.56. The number of nitrogens with two attached hydrogens (primary N) is 1. The standard InChI is InChI=1S/C27H57N7O6Si2/c1-7-35-41(36-8-2,37-9-3)23-19-15-13-17-21-25-30-26(34(29)27(31-25)32-33-28)22-18-14-16-20-24-42(38-10-4,39-11-5)40-12-6/h26H,7-24,29H2,1-6H3. The molecule has 0 aromatic heterocycles. The van der Waals surface area contributed by atoms with Crippen LogP contribution in [-0.2, 0) is 26.6 Å². The number of nitrogens with zero attached hydrogens (tertiary/aromatic N) is 6. The minimum Gasteiger partial charge on any atom is -0.374 e. The molecule has 1 unspecified atom stereocenters. The Kier molecular flexibility index (Phi) is 21.2. The first-order chi connectivity index (χ1) is 20.4. The first-order valence-electron chi connectivity index (χ1n) is 16.0. The zero-order valence-electron chi connectivity index (χ0n) is 27.0. The first kappa shape index (κ1) is 38.6. The van der Waals surface area contributed by atoms with Gasteiger partial charge in [-0.05, 0) is 84.3 Å². The molecule has 42 heavy (non-hydrogen) atoms. The van der Waals surface area contributed by atoms with Crippen LogP contribution in [0.5, 0.6) is 0 Å². The Labute approximate surface area is 255 Å². The summed E-state index contributed by atoms with van der Waals surface area (Å²) in [5.74, 6) is 7.10. The van der Waals surface area contributed by atoms with Gasteiger partial charge in [-0.25, -0.2) is 15.8 Å². The molecule has 1 aliphatic rings. The van der Waals surface area contributed by atoms with Crippen LogP contribution in [0, 0.1) is 0 Å². The number of amidine groups is 1. The summed E-state index contributed by atoms with van der Waals surface area (Å²) in [6.07, 6.45) is 9.11. The quantitative estimate of drug-likeness (QED) is 0.0280. The molecule has 1 atom stereocenters. The summed E-state index contributed by atoms with van der Waals surface area (Å²) in [7, 11) is -5.19. The minimum absolute atomic E-state index is 0.175. The number of guanidine groups is 1. The van der Waals surface area contributed by atoms with Crippen molar-refractivity contribution in [3.8, 4) is 0 Å². The molecule has 1 rings (SSSR count). The molecule has 1 aliphatic heterocycles. The van der Waals surface area contributed by atoms with E-state index in [2.05, 4.69) is 15.0 Å². The molecule has 244 valence electrons. The van der Waals surface area contributed by atoms with Crippen molar-refractivity contribution < 1.29 is 26.6 Å².